The molecule has 1 aromatic heterocycles. The second-order valence-corrected chi connectivity index (χ2v) is 4.05. The van der Waals surface area contributed by atoms with Crippen molar-refractivity contribution in [3.8, 4) is 0 Å². The van der Waals surface area contributed by atoms with Crippen LogP contribution < -0.4 is 5.32 Å². The van der Waals surface area contributed by atoms with E-state index < -0.39 is 0 Å². The van der Waals surface area contributed by atoms with Crippen molar-refractivity contribution in [3.63, 3.8) is 0 Å². The Bertz CT molecular complexity index is 466. The van der Waals surface area contributed by atoms with Gasteiger partial charge in [-0.25, -0.2) is 9.37 Å². The molecular weight excluding hydrogens is 217 g/mol. The summed E-state index contributed by atoms with van der Waals surface area (Å²) >= 11 is 0. The summed E-state index contributed by atoms with van der Waals surface area (Å²) in [5.74, 6) is -0.179. The molecule has 0 bridgehead atoms. The van der Waals surface area contributed by atoms with E-state index in [1.807, 2.05) is 23.8 Å². The average molecular weight is 233 g/mol. The molecule has 0 unspecified atom stereocenters. The van der Waals surface area contributed by atoms with Gasteiger partial charge in [-0.15, -0.1) is 0 Å². The van der Waals surface area contributed by atoms with Crippen molar-refractivity contribution < 1.29 is 4.39 Å². The first-order valence-electron chi connectivity index (χ1n) is 5.67. The highest BCUT2D eigenvalue weighted by atomic mass is 19.1. The van der Waals surface area contributed by atoms with E-state index in [0.29, 0.717) is 6.54 Å². The molecule has 0 aliphatic carbocycles. The standard InChI is InChI=1S/C13H16FN3/c1-11-2-3-13(14)8-12(11)9-15-4-6-17-7-5-16-10-17/h2-3,5,7-8,10,15H,4,6,9H2,1H3. The molecule has 3 nitrogen and oxygen atoms in total. The highest BCUT2D eigenvalue weighted by Gasteiger charge is 1.99. The van der Waals surface area contributed by atoms with Crippen LogP contribution in [0.5, 0.6) is 0 Å². The minimum absolute atomic E-state index is 0.179. The number of halogens is 1. The smallest absolute Gasteiger partial charge is 0.123 e. The second kappa shape index (κ2) is 5.59. The fraction of sp³-hybridized carbons (Fsp3) is 0.308. The fourth-order valence-electron chi connectivity index (χ4n) is 1.68. The van der Waals surface area contributed by atoms with Gasteiger partial charge in [0.05, 0.1) is 6.33 Å². The molecule has 0 saturated carbocycles. The molecule has 0 spiro atoms. The van der Waals surface area contributed by atoms with Crippen molar-refractivity contribution in [2.24, 2.45) is 0 Å². The van der Waals surface area contributed by atoms with Crippen LogP contribution in [0, 0.1) is 12.7 Å². The average Bonchev–Trinajstić information content (AvgIpc) is 2.82. The van der Waals surface area contributed by atoms with Gasteiger partial charge in [-0.3, -0.25) is 0 Å². The van der Waals surface area contributed by atoms with Crippen LogP contribution in [-0.4, -0.2) is 16.1 Å². The van der Waals surface area contributed by atoms with Gasteiger partial charge in [0.1, 0.15) is 5.82 Å². The van der Waals surface area contributed by atoms with Crippen molar-refractivity contribution in [2.75, 3.05) is 6.54 Å². The molecule has 1 heterocycles. The van der Waals surface area contributed by atoms with Crippen LogP contribution >= 0.6 is 0 Å². The SMILES string of the molecule is Cc1ccc(F)cc1CNCCn1ccnc1. The van der Waals surface area contributed by atoms with E-state index in [2.05, 4.69) is 10.3 Å². The minimum Gasteiger partial charge on any atom is -0.336 e. The van der Waals surface area contributed by atoms with E-state index in [4.69, 9.17) is 0 Å². The third kappa shape index (κ3) is 3.39. The minimum atomic E-state index is -0.179. The van der Waals surface area contributed by atoms with Gasteiger partial charge in [-0.05, 0) is 30.2 Å². The number of benzene rings is 1. The maximum atomic E-state index is 13.0. The Balaban J connectivity index is 1.80. The topological polar surface area (TPSA) is 29.9 Å². The molecule has 2 rings (SSSR count). The molecule has 0 aliphatic heterocycles. The lowest BCUT2D eigenvalue weighted by Gasteiger charge is -2.08. The third-order valence-corrected chi connectivity index (χ3v) is 2.73. The van der Waals surface area contributed by atoms with Gasteiger partial charge < -0.3 is 9.88 Å². The van der Waals surface area contributed by atoms with Crippen LogP contribution in [0.15, 0.2) is 36.9 Å². The van der Waals surface area contributed by atoms with E-state index in [-0.39, 0.29) is 5.82 Å². The van der Waals surface area contributed by atoms with Gasteiger partial charge >= 0.3 is 0 Å². The van der Waals surface area contributed by atoms with Crippen molar-refractivity contribution >= 4 is 0 Å². The predicted molar refractivity (Wildman–Crippen MR) is 65.1 cm³/mol. The number of imidazole rings is 1. The zero-order valence-corrected chi connectivity index (χ0v) is 9.86. The number of nitrogens with zero attached hydrogens (tertiary/aromatic N) is 2. The number of hydrogen-bond donors (Lipinski definition) is 1. The number of aromatic nitrogens is 2. The van der Waals surface area contributed by atoms with E-state index in [1.54, 1.807) is 18.6 Å². The van der Waals surface area contributed by atoms with Crippen LogP contribution in [0.1, 0.15) is 11.1 Å². The number of nitrogens with one attached hydrogen (secondary N) is 1. The Hall–Kier alpha value is -1.68. The van der Waals surface area contributed by atoms with Crippen LogP contribution in [0.25, 0.3) is 0 Å². The molecule has 0 aliphatic rings. The summed E-state index contributed by atoms with van der Waals surface area (Å²) in [5, 5.41) is 3.29. The van der Waals surface area contributed by atoms with E-state index >= 15 is 0 Å². The van der Waals surface area contributed by atoms with E-state index in [0.717, 1.165) is 24.2 Å². The van der Waals surface area contributed by atoms with Crippen molar-refractivity contribution in [1.82, 2.24) is 14.9 Å². The summed E-state index contributed by atoms with van der Waals surface area (Å²) < 4.78 is 15.0. The van der Waals surface area contributed by atoms with Crippen LogP contribution in [0.4, 0.5) is 4.39 Å². The molecule has 1 N–H and O–H groups in total. The number of hydrogen-bond acceptors (Lipinski definition) is 2. The van der Waals surface area contributed by atoms with Gasteiger partial charge in [-0.2, -0.15) is 0 Å². The van der Waals surface area contributed by atoms with Crippen LogP contribution in [0.2, 0.25) is 0 Å². The van der Waals surface area contributed by atoms with E-state index in [1.165, 1.54) is 6.07 Å². The molecule has 0 radical (unpaired) electrons. The molecule has 2 aromatic rings. The monoisotopic (exact) mass is 233 g/mol. The number of rotatable bonds is 5. The Morgan fingerprint density at radius 3 is 3.06 bits per heavy atom. The predicted octanol–water partition coefficient (Wildman–Crippen LogP) is 2.12. The molecule has 90 valence electrons. The molecule has 0 atom stereocenters. The van der Waals surface area contributed by atoms with Gasteiger partial charge in [0.2, 0.25) is 0 Å². The summed E-state index contributed by atoms with van der Waals surface area (Å²) in [4.78, 5) is 3.97. The first-order chi connectivity index (χ1) is 8.25. The third-order valence-electron chi connectivity index (χ3n) is 2.73. The Labute approximate surface area is 100 Å². The molecule has 4 heteroatoms. The van der Waals surface area contributed by atoms with Gasteiger partial charge in [-0.1, -0.05) is 6.07 Å². The Morgan fingerprint density at radius 2 is 2.29 bits per heavy atom. The summed E-state index contributed by atoms with van der Waals surface area (Å²) in [6.45, 7) is 4.39. The molecular formula is C13H16FN3. The quantitative estimate of drug-likeness (QED) is 0.802. The molecule has 1 aromatic carbocycles. The van der Waals surface area contributed by atoms with Crippen molar-refractivity contribution in [2.45, 2.75) is 20.0 Å². The summed E-state index contributed by atoms with van der Waals surface area (Å²) in [6, 6.07) is 4.88. The number of aryl methyl sites for hydroxylation is 1. The lowest BCUT2D eigenvalue weighted by Crippen LogP contribution is -2.19. The second-order valence-electron chi connectivity index (χ2n) is 4.05. The maximum Gasteiger partial charge on any atom is 0.123 e. The fourth-order valence-corrected chi connectivity index (χ4v) is 1.68. The van der Waals surface area contributed by atoms with Crippen molar-refractivity contribution in [3.05, 3.63) is 53.9 Å². The van der Waals surface area contributed by atoms with E-state index in [9.17, 15) is 4.39 Å². The lowest BCUT2D eigenvalue weighted by atomic mass is 10.1. The first kappa shape index (κ1) is 11.8. The molecule has 0 saturated heterocycles. The van der Waals surface area contributed by atoms with Crippen molar-refractivity contribution in [1.29, 1.82) is 0 Å². The molecule has 0 fully saturated rings. The first-order valence-corrected chi connectivity index (χ1v) is 5.67. The Kier molecular flexibility index (Phi) is 3.88. The van der Waals surface area contributed by atoms with Gasteiger partial charge in [0.15, 0.2) is 0 Å². The van der Waals surface area contributed by atoms with Gasteiger partial charge in [0, 0.05) is 32.0 Å². The zero-order chi connectivity index (χ0) is 12.1. The Morgan fingerprint density at radius 1 is 1.41 bits per heavy atom. The molecule has 0 amide bonds. The highest BCUT2D eigenvalue weighted by molar-refractivity contribution is 5.26. The highest BCUT2D eigenvalue weighted by Crippen LogP contribution is 2.09. The summed E-state index contributed by atoms with van der Waals surface area (Å²) in [6.07, 6.45) is 5.47. The van der Waals surface area contributed by atoms with Crippen LogP contribution in [-0.2, 0) is 13.1 Å². The zero-order valence-electron chi connectivity index (χ0n) is 9.86. The largest absolute Gasteiger partial charge is 0.336 e. The van der Waals surface area contributed by atoms with Gasteiger partial charge in [0.25, 0.3) is 0 Å². The summed E-state index contributed by atoms with van der Waals surface area (Å²) in [7, 11) is 0. The summed E-state index contributed by atoms with van der Waals surface area (Å²) in [5.41, 5.74) is 2.12. The van der Waals surface area contributed by atoms with Crippen LogP contribution in [0.3, 0.4) is 0 Å². The maximum absolute atomic E-state index is 13.0. The normalized spacial score (nSPS) is 10.7. The molecule has 17 heavy (non-hydrogen) atoms. The lowest BCUT2D eigenvalue weighted by molar-refractivity contribution is 0.589.